The van der Waals surface area contributed by atoms with E-state index >= 15 is 0 Å². The smallest absolute Gasteiger partial charge is 0.274 e. The number of rotatable bonds is 4. The van der Waals surface area contributed by atoms with Crippen molar-refractivity contribution >= 4 is 33.2 Å². The molecular formula is C15H13BrN2O3. The number of amides is 1. The fourth-order valence-corrected chi connectivity index (χ4v) is 2.21. The van der Waals surface area contributed by atoms with E-state index in [4.69, 9.17) is 0 Å². The zero-order valence-corrected chi connectivity index (χ0v) is 12.9. The van der Waals surface area contributed by atoms with Crippen molar-refractivity contribution in [1.29, 1.82) is 0 Å². The molecule has 0 fully saturated rings. The molecule has 0 saturated carbocycles. The van der Waals surface area contributed by atoms with E-state index in [1.54, 1.807) is 31.2 Å². The summed E-state index contributed by atoms with van der Waals surface area (Å²) >= 11 is 3.34. The molecule has 1 N–H and O–H groups in total. The van der Waals surface area contributed by atoms with Crippen LogP contribution in [0.4, 0.5) is 11.4 Å². The van der Waals surface area contributed by atoms with E-state index in [0.717, 1.165) is 10.9 Å². The number of carbonyl (C=O) groups excluding carboxylic acids is 1. The summed E-state index contributed by atoms with van der Waals surface area (Å²) in [5, 5.41) is 14.3. The van der Waals surface area contributed by atoms with Crippen molar-refractivity contribution in [2.24, 2.45) is 0 Å². The summed E-state index contributed by atoms with van der Waals surface area (Å²) in [6.45, 7) is 1.66. The van der Waals surface area contributed by atoms with Gasteiger partial charge in [0, 0.05) is 28.2 Å². The highest BCUT2D eigenvalue weighted by molar-refractivity contribution is 9.08. The molecule has 2 rings (SSSR count). The first-order valence-electron chi connectivity index (χ1n) is 6.22. The fraction of sp³-hybridized carbons (Fsp3) is 0.133. The molecule has 2 aromatic rings. The molecule has 6 heteroatoms. The molecule has 0 aromatic heterocycles. The summed E-state index contributed by atoms with van der Waals surface area (Å²) in [7, 11) is 0. The number of nitro benzene ring substituents is 1. The molecule has 21 heavy (non-hydrogen) atoms. The van der Waals surface area contributed by atoms with Gasteiger partial charge in [-0.1, -0.05) is 34.1 Å². The average Bonchev–Trinajstić information content (AvgIpc) is 2.49. The van der Waals surface area contributed by atoms with Gasteiger partial charge < -0.3 is 5.32 Å². The Morgan fingerprint density at radius 3 is 2.48 bits per heavy atom. The van der Waals surface area contributed by atoms with E-state index in [1.165, 1.54) is 6.07 Å². The quantitative estimate of drug-likeness (QED) is 0.514. The molecule has 0 heterocycles. The lowest BCUT2D eigenvalue weighted by atomic mass is 10.1. The van der Waals surface area contributed by atoms with Gasteiger partial charge in [0.25, 0.3) is 11.6 Å². The maximum absolute atomic E-state index is 12.1. The summed E-state index contributed by atoms with van der Waals surface area (Å²) in [5.74, 6) is -0.297. The van der Waals surface area contributed by atoms with Gasteiger partial charge in [-0.25, -0.2) is 0 Å². The summed E-state index contributed by atoms with van der Waals surface area (Å²) in [4.78, 5) is 22.5. The molecule has 0 aliphatic rings. The van der Waals surface area contributed by atoms with Crippen molar-refractivity contribution in [3.63, 3.8) is 0 Å². The second-order valence-corrected chi connectivity index (χ2v) is 5.10. The Kier molecular flexibility index (Phi) is 4.70. The first-order chi connectivity index (χ1) is 10.0. The minimum Gasteiger partial charge on any atom is -0.322 e. The van der Waals surface area contributed by atoms with E-state index in [9.17, 15) is 14.9 Å². The van der Waals surface area contributed by atoms with Gasteiger partial charge in [-0.05, 0) is 30.7 Å². The van der Waals surface area contributed by atoms with E-state index in [0.29, 0.717) is 16.8 Å². The lowest BCUT2D eigenvalue weighted by molar-refractivity contribution is -0.385. The Morgan fingerprint density at radius 2 is 1.90 bits per heavy atom. The van der Waals surface area contributed by atoms with Crippen LogP contribution in [0.5, 0.6) is 0 Å². The number of aryl methyl sites for hydroxylation is 1. The maximum Gasteiger partial charge on any atom is 0.274 e. The van der Waals surface area contributed by atoms with Crippen molar-refractivity contribution < 1.29 is 9.72 Å². The molecule has 2 aromatic carbocycles. The molecule has 0 atom stereocenters. The highest BCUT2D eigenvalue weighted by Crippen LogP contribution is 2.22. The van der Waals surface area contributed by atoms with Crippen molar-refractivity contribution in [3.05, 3.63) is 69.3 Å². The van der Waals surface area contributed by atoms with Gasteiger partial charge in [0.2, 0.25) is 0 Å². The van der Waals surface area contributed by atoms with Crippen LogP contribution >= 0.6 is 15.9 Å². The van der Waals surface area contributed by atoms with Gasteiger partial charge in [-0.15, -0.1) is 0 Å². The number of hydrogen-bond acceptors (Lipinski definition) is 3. The Morgan fingerprint density at radius 1 is 1.24 bits per heavy atom. The molecule has 5 nitrogen and oxygen atoms in total. The molecule has 0 saturated heterocycles. The van der Waals surface area contributed by atoms with E-state index in [2.05, 4.69) is 21.2 Å². The summed E-state index contributed by atoms with van der Waals surface area (Å²) < 4.78 is 0. The summed E-state index contributed by atoms with van der Waals surface area (Å²) in [5.41, 5.74) is 2.52. The van der Waals surface area contributed by atoms with Crippen LogP contribution in [0.25, 0.3) is 0 Å². The molecule has 0 spiro atoms. The molecule has 1 amide bonds. The van der Waals surface area contributed by atoms with Crippen LogP contribution < -0.4 is 5.32 Å². The van der Waals surface area contributed by atoms with Crippen LogP contribution in [0.15, 0.2) is 42.5 Å². The Hall–Kier alpha value is -2.21. The van der Waals surface area contributed by atoms with Crippen molar-refractivity contribution in [3.8, 4) is 0 Å². The van der Waals surface area contributed by atoms with Crippen LogP contribution in [0.2, 0.25) is 0 Å². The van der Waals surface area contributed by atoms with Gasteiger partial charge in [0.1, 0.15) is 0 Å². The van der Waals surface area contributed by atoms with Crippen LogP contribution in [0.1, 0.15) is 21.5 Å². The van der Waals surface area contributed by atoms with Crippen molar-refractivity contribution in [2.75, 3.05) is 5.32 Å². The highest BCUT2D eigenvalue weighted by atomic mass is 79.9. The fourth-order valence-electron chi connectivity index (χ4n) is 1.83. The van der Waals surface area contributed by atoms with Gasteiger partial charge in [-0.3, -0.25) is 14.9 Å². The topological polar surface area (TPSA) is 72.2 Å². The number of halogens is 1. The largest absolute Gasteiger partial charge is 0.322 e. The lowest BCUT2D eigenvalue weighted by Gasteiger charge is -2.06. The van der Waals surface area contributed by atoms with Crippen molar-refractivity contribution in [1.82, 2.24) is 0 Å². The van der Waals surface area contributed by atoms with Gasteiger partial charge in [0.15, 0.2) is 0 Å². The number of alkyl halides is 1. The maximum atomic E-state index is 12.1. The molecule has 0 radical (unpaired) electrons. The molecule has 0 unspecified atom stereocenters. The Labute approximate surface area is 130 Å². The highest BCUT2D eigenvalue weighted by Gasteiger charge is 2.13. The third-order valence-corrected chi connectivity index (χ3v) is 3.68. The van der Waals surface area contributed by atoms with Gasteiger partial charge >= 0.3 is 0 Å². The zero-order chi connectivity index (χ0) is 15.4. The zero-order valence-electron chi connectivity index (χ0n) is 11.3. The van der Waals surface area contributed by atoms with Crippen molar-refractivity contribution in [2.45, 2.75) is 12.3 Å². The number of nitrogens with one attached hydrogen (secondary N) is 1. The average molecular weight is 349 g/mol. The molecule has 0 aliphatic carbocycles. The van der Waals surface area contributed by atoms with Crippen LogP contribution in [0.3, 0.4) is 0 Å². The van der Waals surface area contributed by atoms with E-state index in [1.807, 2.05) is 12.1 Å². The summed E-state index contributed by atoms with van der Waals surface area (Å²) in [6, 6.07) is 11.8. The minimum absolute atomic E-state index is 0.0116. The second kappa shape index (κ2) is 6.49. The standard InChI is InChI=1S/C15H13BrN2O3/c1-10-2-7-13(8-14(10)18(20)21)17-15(19)12-5-3-11(9-16)4-6-12/h2-8H,9H2,1H3,(H,17,19). The van der Waals surface area contributed by atoms with Gasteiger partial charge in [0.05, 0.1) is 4.92 Å². The number of benzene rings is 2. The predicted octanol–water partition coefficient (Wildman–Crippen LogP) is 4.05. The number of nitrogens with zero attached hydrogens (tertiary/aromatic N) is 1. The van der Waals surface area contributed by atoms with Gasteiger partial charge in [-0.2, -0.15) is 0 Å². The summed E-state index contributed by atoms with van der Waals surface area (Å²) in [6.07, 6.45) is 0. The monoisotopic (exact) mass is 348 g/mol. The lowest BCUT2D eigenvalue weighted by Crippen LogP contribution is -2.12. The van der Waals surface area contributed by atoms with E-state index < -0.39 is 4.92 Å². The minimum atomic E-state index is -0.463. The predicted molar refractivity (Wildman–Crippen MR) is 84.9 cm³/mol. The van der Waals surface area contributed by atoms with E-state index in [-0.39, 0.29) is 11.6 Å². The van der Waals surface area contributed by atoms with Crippen LogP contribution in [0, 0.1) is 17.0 Å². The molecular weight excluding hydrogens is 336 g/mol. The normalized spacial score (nSPS) is 10.2. The third kappa shape index (κ3) is 3.66. The number of anilines is 1. The number of nitro groups is 1. The first-order valence-corrected chi connectivity index (χ1v) is 7.34. The third-order valence-electron chi connectivity index (χ3n) is 3.03. The number of carbonyl (C=O) groups is 1. The number of hydrogen-bond donors (Lipinski definition) is 1. The molecule has 0 bridgehead atoms. The van der Waals surface area contributed by atoms with Crippen LogP contribution in [-0.2, 0) is 5.33 Å². The molecule has 0 aliphatic heterocycles. The SMILES string of the molecule is Cc1ccc(NC(=O)c2ccc(CBr)cc2)cc1[N+](=O)[O-]. The Balaban J connectivity index is 2.19. The second-order valence-electron chi connectivity index (χ2n) is 4.54. The van der Waals surface area contributed by atoms with Crippen LogP contribution in [-0.4, -0.2) is 10.8 Å². The first kappa shape index (κ1) is 15.2. The Bertz CT molecular complexity index is 684. The molecule has 108 valence electrons.